The van der Waals surface area contributed by atoms with Crippen LogP contribution in [-0.4, -0.2) is 38.3 Å². The molecular weight excluding hydrogens is 318 g/mol. The molecule has 2 aromatic heterocycles. The van der Waals surface area contributed by atoms with Crippen molar-refractivity contribution in [3.05, 3.63) is 23.1 Å². The standard InChI is InChI=1S/C18H25N5O2/c1-2-4-14(3-1)23-16-11-13(5-6-15(16)20-22-23)18-19-17(21-25-18)12-7-9-24-10-8-12/h12-14H,1-11H2. The van der Waals surface area contributed by atoms with Gasteiger partial charge in [0.15, 0.2) is 5.82 Å². The van der Waals surface area contributed by atoms with E-state index in [-0.39, 0.29) is 0 Å². The maximum Gasteiger partial charge on any atom is 0.230 e. The Morgan fingerprint density at radius 1 is 0.960 bits per heavy atom. The third-order valence-electron chi connectivity index (χ3n) is 6.10. The van der Waals surface area contributed by atoms with Crippen molar-refractivity contribution in [1.29, 1.82) is 0 Å². The minimum absolute atomic E-state index is 0.298. The predicted octanol–water partition coefficient (Wildman–Crippen LogP) is 2.94. The summed E-state index contributed by atoms with van der Waals surface area (Å²) in [6.07, 6.45) is 9.96. The highest BCUT2D eigenvalue weighted by atomic mass is 16.5. The molecule has 134 valence electrons. The molecule has 25 heavy (non-hydrogen) atoms. The van der Waals surface area contributed by atoms with Gasteiger partial charge in [-0.05, 0) is 38.5 Å². The van der Waals surface area contributed by atoms with Gasteiger partial charge >= 0.3 is 0 Å². The molecule has 5 rings (SSSR count). The summed E-state index contributed by atoms with van der Waals surface area (Å²) in [5.74, 6) is 2.35. The van der Waals surface area contributed by atoms with Crippen LogP contribution in [0.2, 0.25) is 0 Å². The predicted molar refractivity (Wildman–Crippen MR) is 89.4 cm³/mol. The molecule has 7 nitrogen and oxygen atoms in total. The topological polar surface area (TPSA) is 78.9 Å². The molecule has 1 saturated carbocycles. The Morgan fingerprint density at radius 3 is 2.64 bits per heavy atom. The van der Waals surface area contributed by atoms with Gasteiger partial charge in [0.25, 0.3) is 0 Å². The van der Waals surface area contributed by atoms with Gasteiger partial charge in [-0.15, -0.1) is 5.10 Å². The lowest BCUT2D eigenvalue weighted by Crippen LogP contribution is -2.19. The van der Waals surface area contributed by atoms with Gasteiger partial charge in [-0.1, -0.05) is 23.2 Å². The highest BCUT2D eigenvalue weighted by Crippen LogP contribution is 2.36. The SMILES string of the molecule is C1CCC(n2nnc3c2CC(c2nc(C4CCOCC4)no2)CC3)C1. The summed E-state index contributed by atoms with van der Waals surface area (Å²) in [5.41, 5.74) is 2.47. The van der Waals surface area contributed by atoms with Crippen LogP contribution in [0.5, 0.6) is 0 Å². The molecular formula is C18H25N5O2. The molecule has 1 aliphatic heterocycles. The maximum absolute atomic E-state index is 5.66. The lowest BCUT2D eigenvalue weighted by molar-refractivity contribution is 0.0830. The summed E-state index contributed by atoms with van der Waals surface area (Å²) in [6, 6.07) is 0.537. The van der Waals surface area contributed by atoms with Crippen LogP contribution in [0.3, 0.4) is 0 Å². The first-order chi connectivity index (χ1) is 12.4. The summed E-state index contributed by atoms with van der Waals surface area (Å²) in [4.78, 5) is 4.76. The Kier molecular flexibility index (Phi) is 4.04. The molecule has 2 aliphatic carbocycles. The third kappa shape index (κ3) is 2.88. The smallest absolute Gasteiger partial charge is 0.230 e. The van der Waals surface area contributed by atoms with Gasteiger partial charge in [0.2, 0.25) is 5.89 Å². The number of nitrogens with zero attached hydrogens (tertiary/aromatic N) is 5. The van der Waals surface area contributed by atoms with Crippen LogP contribution in [-0.2, 0) is 17.6 Å². The first kappa shape index (κ1) is 15.5. The summed E-state index contributed by atoms with van der Waals surface area (Å²) >= 11 is 0. The molecule has 7 heteroatoms. The molecule has 3 heterocycles. The summed E-state index contributed by atoms with van der Waals surface area (Å²) < 4.78 is 13.3. The number of aromatic nitrogens is 5. The lowest BCUT2D eigenvalue weighted by atomic mass is 9.89. The van der Waals surface area contributed by atoms with Gasteiger partial charge in [-0.3, -0.25) is 0 Å². The largest absolute Gasteiger partial charge is 0.381 e. The molecule has 0 aromatic carbocycles. The average Bonchev–Trinajstić information content (AvgIpc) is 3.41. The van der Waals surface area contributed by atoms with Crippen LogP contribution in [0, 0.1) is 0 Å². The van der Waals surface area contributed by atoms with Crippen LogP contribution in [0.15, 0.2) is 4.52 Å². The molecule has 1 atom stereocenters. The molecule has 3 aliphatic rings. The number of hydrogen-bond donors (Lipinski definition) is 0. The molecule has 1 unspecified atom stereocenters. The zero-order valence-corrected chi connectivity index (χ0v) is 14.6. The highest BCUT2D eigenvalue weighted by Gasteiger charge is 2.32. The summed E-state index contributed by atoms with van der Waals surface area (Å²) in [7, 11) is 0. The summed E-state index contributed by atoms with van der Waals surface area (Å²) in [5, 5.41) is 13.2. The van der Waals surface area contributed by atoms with Crippen LogP contribution < -0.4 is 0 Å². The van der Waals surface area contributed by atoms with Crippen molar-refractivity contribution in [3.8, 4) is 0 Å². The van der Waals surface area contributed by atoms with Gasteiger partial charge in [-0.25, -0.2) is 4.68 Å². The van der Waals surface area contributed by atoms with Crippen LogP contribution in [0.1, 0.15) is 85.9 Å². The Labute approximate surface area is 147 Å². The van der Waals surface area contributed by atoms with E-state index in [1.165, 1.54) is 37.1 Å². The second-order valence-corrected chi connectivity index (χ2v) is 7.68. The Hall–Kier alpha value is -1.76. The van der Waals surface area contributed by atoms with Crippen molar-refractivity contribution in [2.24, 2.45) is 0 Å². The Morgan fingerprint density at radius 2 is 1.80 bits per heavy atom. The Balaban J connectivity index is 1.35. The van der Waals surface area contributed by atoms with E-state index >= 15 is 0 Å². The van der Waals surface area contributed by atoms with Gasteiger partial charge in [0.05, 0.1) is 17.4 Å². The molecule has 0 bridgehead atoms. The normalized spacial score (nSPS) is 25.4. The number of aryl methyl sites for hydroxylation is 1. The van der Waals surface area contributed by atoms with Crippen molar-refractivity contribution in [3.63, 3.8) is 0 Å². The fraction of sp³-hybridized carbons (Fsp3) is 0.778. The van der Waals surface area contributed by atoms with Crippen molar-refractivity contribution in [1.82, 2.24) is 25.1 Å². The van der Waals surface area contributed by atoms with E-state index in [0.717, 1.165) is 57.0 Å². The van der Waals surface area contributed by atoms with Gasteiger partial charge < -0.3 is 9.26 Å². The molecule has 2 aromatic rings. The van der Waals surface area contributed by atoms with Crippen LogP contribution >= 0.6 is 0 Å². The fourth-order valence-corrected chi connectivity index (χ4v) is 4.59. The van der Waals surface area contributed by atoms with E-state index in [1.807, 2.05) is 0 Å². The van der Waals surface area contributed by atoms with Gasteiger partial charge in [0, 0.05) is 31.5 Å². The molecule has 1 saturated heterocycles. The quantitative estimate of drug-likeness (QED) is 0.852. The van der Waals surface area contributed by atoms with E-state index in [4.69, 9.17) is 14.2 Å². The first-order valence-corrected chi connectivity index (χ1v) is 9.72. The minimum Gasteiger partial charge on any atom is -0.381 e. The first-order valence-electron chi connectivity index (χ1n) is 9.72. The van der Waals surface area contributed by atoms with E-state index in [0.29, 0.717) is 17.9 Å². The van der Waals surface area contributed by atoms with E-state index < -0.39 is 0 Å². The highest BCUT2D eigenvalue weighted by molar-refractivity contribution is 5.19. The van der Waals surface area contributed by atoms with E-state index in [1.54, 1.807) is 0 Å². The fourth-order valence-electron chi connectivity index (χ4n) is 4.59. The molecule has 2 fully saturated rings. The molecule has 0 radical (unpaired) electrons. The molecule has 0 spiro atoms. The number of rotatable bonds is 3. The maximum atomic E-state index is 5.66. The van der Waals surface area contributed by atoms with E-state index in [2.05, 4.69) is 20.2 Å². The van der Waals surface area contributed by atoms with Crippen molar-refractivity contribution >= 4 is 0 Å². The third-order valence-corrected chi connectivity index (χ3v) is 6.10. The minimum atomic E-state index is 0.298. The van der Waals surface area contributed by atoms with Crippen molar-refractivity contribution < 1.29 is 9.26 Å². The number of hydrogen-bond acceptors (Lipinski definition) is 6. The summed E-state index contributed by atoms with van der Waals surface area (Å²) in [6.45, 7) is 1.60. The zero-order valence-electron chi connectivity index (χ0n) is 14.6. The van der Waals surface area contributed by atoms with Crippen molar-refractivity contribution in [2.45, 2.75) is 75.7 Å². The molecule has 0 amide bonds. The second kappa shape index (κ2) is 6.52. The Bertz CT molecular complexity index is 728. The van der Waals surface area contributed by atoms with Gasteiger partial charge in [0.1, 0.15) is 0 Å². The van der Waals surface area contributed by atoms with E-state index in [9.17, 15) is 0 Å². The van der Waals surface area contributed by atoms with Crippen LogP contribution in [0.4, 0.5) is 0 Å². The number of ether oxygens (including phenoxy) is 1. The lowest BCUT2D eigenvalue weighted by Gasteiger charge is -2.21. The molecule has 0 N–H and O–H groups in total. The van der Waals surface area contributed by atoms with Gasteiger partial charge in [-0.2, -0.15) is 4.98 Å². The van der Waals surface area contributed by atoms with Crippen LogP contribution in [0.25, 0.3) is 0 Å². The van der Waals surface area contributed by atoms with Crippen molar-refractivity contribution in [2.75, 3.05) is 13.2 Å². The monoisotopic (exact) mass is 343 g/mol. The average molecular weight is 343 g/mol. The second-order valence-electron chi connectivity index (χ2n) is 7.68. The zero-order chi connectivity index (χ0) is 16.6. The number of fused-ring (bicyclic) bond motifs is 1.